The van der Waals surface area contributed by atoms with Gasteiger partial charge in [-0.25, -0.2) is 15.0 Å². The fraction of sp³-hybridized carbons (Fsp3) is 0.116. The molecule has 12 heterocycles. The third kappa shape index (κ3) is 17.8. The van der Waals surface area contributed by atoms with Crippen molar-refractivity contribution in [1.29, 1.82) is 0 Å². The molecule has 15 aromatic carbocycles. The Hall–Kier alpha value is -15.3. The Labute approximate surface area is 878 Å². The first kappa shape index (κ1) is 97.5. The van der Waals surface area contributed by atoms with Crippen LogP contribution in [-0.2, 0) is 60.3 Å². The maximum atomic E-state index is 4.79. The van der Waals surface area contributed by atoms with Gasteiger partial charge in [0.2, 0.25) is 0 Å². The number of hydrogen-bond acceptors (Lipinski definition) is 6. The van der Waals surface area contributed by atoms with Crippen molar-refractivity contribution >= 4 is 147 Å². The van der Waals surface area contributed by atoms with Crippen LogP contribution in [0.1, 0.15) is 109 Å². The number of aryl methyl sites for hydroxylation is 6. The van der Waals surface area contributed by atoms with Gasteiger partial charge in [0.1, 0.15) is 17.5 Å². The van der Waals surface area contributed by atoms with Crippen molar-refractivity contribution < 1.29 is 60.3 Å². The van der Waals surface area contributed by atoms with Crippen molar-refractivity contribution in [3.05, 3.63) is 469 Å². The minimum atomic E-state index is 0. The summed E-state index contributed by atoms with van der Waals surface area (Å²) in [5.74, 6) is 4.32. The fourth-order valence-corrected chi connectivity index (χ4v) is 20.7. The van der Waals surface area contributed by atoms with Crippen LogP contribution in [0.5, 0.6) is 0 Å². The van der Waals surface area contributed by atoms with Crippen molar-refractivity contribution in [3.63, 3.8) is 0 Å². The fourth-order valence-electron chi connectivity index (χ4n) is 20.7. The number of nitrogens with zero attached hydrogens (tertiary/aromatic N) is 12. The number of imidazole rings is 3. The van der Waals surface area contributed by atoms with Crippen LogP contribution in [-0.4, -0.2) is 56.8 Å². The third-order valence-electron chi connectivity index (χ3n) is 27.5. The molecule has 3 radical (unpaired) electrons. The van der Waals surface area contributed by atoms with Gasteiger partial charge in [0.05, 0.1) is 34.0 Å². The zero-order chi connectivity index (χ0) is 96.2. The van der Waals surface area contributed by atoms with Crippen LogP contribution in [0, 0.1) is 77.9 Å². The van der Waals surface area contributed by atoms with Gasteiger partial charge < -0.3 is 26.9 Å². The summed E-state index contributed by atoms with van der Waals surface area (Å²) in [6.07, 6.45) is 11.6. The molecule has 27 aromatic rings. The summed E-state index contributed by atoms with van der Waals surface area (Å²) < 4.78 is 13.4. The minimum Gasteiger partial charge on any atom is -0.333 e. The maximum absolute atomic E-state index is 4.79. The number of benzene rings is 15. The molecule has 144 heavy (non-hydrogen) atoms. The van der Waals surface area contributed by atoms with Crippen LogP contribution in [0.2, 0.25) is 0 Å². The van der Waals surface area contributed by atoms with Crippen LogP contribution in [0.3, 0.4) is 0 Å². The molecule has 0 saturated carbocycles. The van der Waals surface area contributed by atoms with Gasteiger partial charge in [-0.2, -0.15) is 72.8 Å². The summed E-state index contributed by atoms with van der Waals surface area (Å²) >= 11 is 0. The summed E-state index contributed by atoms with van der Waals surface area (Å²) in [6.45, 7) is 26.3. The number of pyridine rings is 6. The number of para-hydroxylation sites is 8. The molecule has 0 aliphatic carbocycles. The molecule has 0 spiro atoms. The summed E-state index contributed by atoms with van der Waals surface area (Å²) in [7, 11) is 0. The molecule has 0 saturated heterocycles. The second-order valence-electron chi connectivity index (χ2n) is 37.3. The Balaban J connectivity index is 0.000000109. The molecule has 12 nitrogen and oxygen atoms in total. The molecule has 0 bridgehead atoms. The van der Waals surface area contributed by atoms with E-state index in [9.17, 15) is 0 Å². The molecular formula is C129H102Ir3N12-6. The van der Waals surface area contributed by atoms with Crippen molar-refractivity contribution in [2.45, 2.75) is 101 Å². The maximum Gasteiger partial charge on any atom is 0.135 e. The first-order chi connectivity index (χ1) is 69.0. The zero-order valence-corrected chi connectivity index (χ0v) is 89.2. The van der Waals surface area contributed by atoms with Gasteiger partial charge >= 0.3 is 0 Å². The van der Waals surface area contributed by atoms with E-state index in [0.29, 0.717) is 17.8 Å². The van der Waals surface area contributed by atoms with E-state index in [-0.39, 0.29) is 60.3 Å². The van der Waals surface area contributed by atoms with E-state index in [0.717, 1.165) is 84.2 Å². The van der Waals surface area contributed by atoms with Gasteiger partial charge in [0.15, 0.2) is 0 Å². The first-order valence-corrected chi connectivity index (χ1v) is 48.4. The van der Waals surface area contributed by atoms with E-state index in [1.165, 1.54) is 164 Å². The predicted octanol–water partition coefficient (Wildman–Crippen LogP) is 32.5. The minimum absolute atomic E-state index is 0. The summed E-state index contributed by atoms with van der Waals surface area (Å²) in [5.41, 5.74) is 32.0. The van der Waals surface area contributed by atoms with E-state index in [2.05, 4.69) is 422 Å². The molecule has 0 aliphatic heterocycles. The Morgan fingerprint density at radius 3 is 0.819 bits per heavy atom. The summed E-state index contributed by atoms with van der Waals surface area (Å²) in [5, 5.41) is 17.9. The van der Waals surface area contributed by atoms with Gasteiger partial charge in [0.25, 0.3) is 0 Å². The topological polar surface area (TPSA) is 105 Å². The average molecular weight is 2400 g/mol. The van der Waals surface area contributed by atoms with Gasteiger partial charge in [-0.1, -0.05) is 238 Å². The molecular weight excluding hydrogens is 2290 g/mol. The summed E-state index contributed by atoms with van der Waals surface area (Å²) in [6, 6.07) is 140. The van der Waals surface area contributed by atoms with Crippen LogP contribution in [0.25, 0.3) is 199 Å². The van der Waals surface area contributed by atoms with Gasteiger partial charge in [-0.15, -0.1) is 105 Å². The van der Waals surface area contributed by atoms with E-state index >= 15 is 0 Å². The average Bonchev–Trinajstić information content (AvgIpc) is 1.48. The molecule has 0 atom stereocenters. The summed E-state index contributed by atoms with van der Waals surface area (Å²) in [4.78, 5) is 28.1. The normalized spacial score (nSPS) is 11.4. The van der Waals surface area contributed by atoms with E-state index in [1.54, 1.807) is 0 Å². The third-order valence-corrected chi connectivity index (χ3v) is 27.5. The largest absolute Gasteiger partial charge is 0.333 e. The van der Waals surface area contributed by atoms with Crippen molar-refractivity contribution in [1.82, 2.24) is 56.8 Å². The van der Waals surface area contributed by atoms with Crippen LogP contribution in [0.15, 0.2) is 383 Å². The number of hydrogen-bond donors (Lipinski definition) is 0. The molecule has 711 valence electrons. The second-order valence-corrected chi connectivity index (χ2v) is 37.3. The van der Waals surface area contributed by atoms with Crippen LogP contribution < -0.4 is 0 Å². The van der Waals surface area contributed by atoms with Crippen LogP contribution >= 0.6 is 0 Å². The first-order valence-electron chi connectivity index (χ1n) is 48.4. The van der Waals surface area contributed by atoms with E-state index in [4.69, 9.17) is 15.0 Å². The SMILES string of the molecule is CC(C)c1ccnc(-n2c3[c-]cccc3c3cc(C(C)C)ccc32)c1.CC(C)c1ccnc(-n2c3[c-]cccc3c3ccccc32)c1.Cc1cccc(C)c1-c1cnc2c3[c-]cccc3c3ccccc3n12.Cc1cccc(C)c1-c1cnc2c3[c-]cccc3c3ccccc3n12.Cc1cccc(C)c1-c1cnc2c3[c-]cccc3c3ccccc3n12.[Ir].[Ir].[Ir].[c-]1cccc2c3ccccc3n(-c3ccccn3)c12. The molecule has 12 aromatic heterocycles. The van der Waals surface area contributed by atoms with Gasteiger partial charge in [-0.05, 0) is 214 Å². The van der Waals surface area contributed by atoms with Gasteiger partial charge in [0, 0.05) is 147 Å². The smallest absolute Gasteiger partial charge is 0.135 e. The zero-order valence-electron chi connectivity index (χ0n) is 82.0. The van der Waals surface area contributed by atoms with Crippen molar-refractivity contribution in [2.24, 2.45) is 0 Å². The van der Waals surface area contributed by atoms with Crippen LogP contribution in [0.4, 0.5) is 0 Å². The van der Waals surface area contributed by atoms with E-state index in [1.807, 2.05) is 122 Å². The molecule has 0 unspecified atom stereocenters. The Morgan fingerprint density at radius 2 is 0.486 bits per heavy atom. The molecule has 0 aliphatic rings. The quantitative estimate of drug-likeness (QED) is 0.105. The number of aromatic nitrogens is 12. The second kappa shape index (κ2) is 41.7. The molecule has 0 amide bonds. The van der Waals surface area contributed by atoms with Crippen molar-refractivity contribution in [3.8, 4) is 51.2 Å². The van der Waals surface area contributed by atoms with Crippen molar-refractivity contribution in [2.75, 3.05) is 0 Å². The number of fused-ring (bicyclic) bond motifs is 27. The Morgan fingerprint density at radius 1 is 0.215 bits per heavy atom. The van der Waals surface area contributed by atoms with E-state index < -0.39 is 0 Å². The molecule has 0 N–H and O–H groups in total. The monoisotopic (exact) mass is 2400 g/mol. The molecule has 27 rings (SSSR count). The number of rotatable bonds is 9. The standard InChI is InChI=1S/3C23H17N2.C23H23N2.C20H17N2.C17H11N2.3Ir/c3*1-15-8-7-9-16(2)22(15)21-14-24-23-19-12-4-3-10-17(19)18-11-5-6-13-20(18)25(21)23;1-15(2)17-9-10-22-20(13-17)19-7-5-6-8-21(19)25(22)23-14-18(16(3)4)11-12-24-23;1-14(2)15-11-12-21-20(13-15)22-18-9-5-3-7-16(18)17-8-4-6-10-19(17)22;1-3-9-15-13(7-1)14-8-2-4-10-16(14)19(15)17-11-5-6-12-18-17;;;/h3*3-11,13-14H,1-2H3;5-7,9-16H,1-4H3;3-9,11-14H,1-2H3;1-9,11-12H;;;/q6*-1;;;. The Bertz CT molecular complexity index is 8840. The van der Waals surface area contributed by atoms with Gasteiger partial charge in [-0.3, -0.25) is 15.0 Å². The Kier molecular flexibility index (Phi) is 28.3. The predicted molar refractivity (Wildman–Crippen MR) is 586 cm³/mol. The molecule has 0 fully saturated rings. The molecule has 15 heteroatoms.